The normalized spacial score (nSPS) is 13.7. The van der Waals surface area contributed by atoms with Crippen molar-refractivity contribution < 1.29 is 13.0 Å². The molecule has 1 aromatic carbocycles. The molecule has 0 saturated heterocycles. The van der Waals surface area contributed by atoms with Crippen molar-refractivity contribution in [1.82, 2.24) is 0 Å². The second-order valence-electron chi connectivity index (χ2n) is 6.20. The van der Waals surface area contributed by atoms with E-state index in [-0.39, 0.29) is 11.2 Å². The van der Waals surface area contributed by atoms with E-state index < -0.39 is 10.1 Å². The van der Waals surface area contributed by atoms with Gasteiger partial charge in [-0.3, -0.25) is 9.55 Å². The summed E-state index contributed by atoms with van der Waals surface area (Å²) in [6.45, 7) is 8.89. The molecule has 0 aliphatic rings. The minimum atomic E-state index is -3.87. The largest absolute Gasteiger partial charge is 0.289 e. The van der Waals surface area contributed by atoms with Crippen LogP contribution in [-0.4, -0.2) is 31.0 Å². The highest BCUT2D eigenvalue weighted by molar-refractivity contribution is 7.85. The molecule has 0 fully saturated rings. The maximum Gasteiger partial charge on any atom is 0.264 e. The fourth-order valence-corrected chi connectivity index (χ4v) is 3.19. The highest BCUT2D eigenvalue weighted by atomic mass is 32.2. The molecule has 23 heavy (non-hydrogen) atoms. The van der Waals surface area contributed by atoms with Gasteiger partial charge in [0.2, 0.25) is 0 Å². The van der Waals surface area contributed by atoms with Crippen LogP contribution in [0.4, 0.5) is 0 Å². The van der Waals surface area contributed by atoms with Gasteiger partial charge in [-0.2, -0.15) is 8.42 Å². The molecule has 0 spiro atoms. The van der Waals surface area contributed by atoms with Crippen LogP contribution in [0.1, 0.15) is 44.7 Å². The van der Waals surface area contributed by atoms with Crippen LogP contribution >= 0.6 is 0 Å². The summed E-state index contributed by atoms with van der Waals surface area (Å²) in [4.78, 5) is 4.68. The number of hydrogen-bond acceptors (Lipinski definition) is 3. The zero-order valence-corrected chi connectivity index (χ0v) is 15.2. The predicted molar refractivity (Wildman–Crippen MR) is 97.0 cm³/mol. The number of nitrogens with zero attached hydrogens (tertiary/aromatic N) is 1. The summed E-state index contributed by atoms with van der Waals surface area (Å²) in [7, 11) is -3.87. The highest BCUT2D eigenvalue weighted by Gasteiger charge is 2.26. The molecule has 4 nitrogen and oxygen atoms in total. The summed E-state index contributed by atoms with van der Waals surface area (Å²) in [5.41, 5.74) is 3.21. The average molecular weight is 337 g/mol. The van der Waals surface area contributed by atoms with Gasteiger partial charge in [0.25, 0.3) is 10.1 Å². The molecule has 0 bridgehead atoms. The molecule has 5 heteroatoms. The molecule has 0 radical (unpaired) electrons. The Hall–Kier alpha value is -1.46. The fraction of sp³-hybridized carbons (Fsp3) is 0.500. The van der Waals surface area contributed by atoms with Crippen LogP contribution in [0.2, 0.25) is 0 Å². The van der Waals surface area contributed by atoms with Crippen LogP contribution in [0.25, 0.3) is 0 Å². The van der Waals surface area contributed by atoms with Crippen molar-refractivity contribution in [3.8, 4) is 0 Å². The van der Waals surface area contributed by atoms with Gasteiger partial charge in [-0.15, -0.1) is 0 Å². The van der Waals surface area contributed by atoms with Crippen LogP contribution in [0.5, 0.6) is 0 Å². The van der Waals surface area contributed by atoms with Crippen molar-refractivity contribution in [1.29, 1.82) is 0 Å². The maximum absolute atomic E-state index is 10.7. The Kier molecular flexibility index (Phi) is 7.16. The number of rotatable bonds is 8. The molecule has 1 aromatic rings. The monoisotopic (exact) mass is 337 g/mol. The van der Waals surface area contributed by atoms with E-state index in [0.29, 0.717) is 19.4 Å². The Balaban J connectivity index is 2.88. The highest BCUT2D eigenvalue weighted by Crippen LogP contribution is 2.28. The third-order valence-corrected chi connectivity index (χ3v) is 4.68. The van der Waals surface area contributed by atoms with Gasteiger partial charge in [-0.25, -0.2) is 0 Å². The summed E-state index contributed by atoms with van der Waals surface area (Å²) >= 11 is 0. The number of aliphatic imine (C=N–C) groups is 1. The summed E-state index contributed by atoms with van der Waals surface area (Å²) in [6, 6.07) is 8.27. The molecular formula is C18H27NO3S. The zero-order chi connectivity index (χ0) is 17.5. The minimum Gasteiger partial charge on any atom is -0.289 e. The first-order valence-corrected chi connectivity index (χ1v) is 9.48. The molecular weight excluding hydrogens is 310 g/mol. The molecule has 128 valence electrons. The van der Waals surface area contributed by atoms with Crippen molar-refractivity contribution in [2.45, 2.75) is 46.0 Å². The Labute approximate surface area is 140 Å². The van der Waals surface area contributed by atoms with Crippen LogP contribution in [-0.2, 0) is 15.5 Å². The second-order valence-corrected chi connectivity index (χ2v) is 7.77. The van der Waals surface area contributed by atoms with E-state index >= 15 is 0 Å². The van der Waals surface area contributed by atoms with E-state index in [4.69, 9.17) is 4.55 Å². The van der Waals surface area contributed by atoms with E-state index in [1.807, 2.05) is 31.2 Å². The molecule has 0 aromatic heterocycles. The van der Waals surface area contributed by atoms with Crippen LogP contribution in [0, 0.1) is 6.92 Å². The molecule has 0 amide bonds. The van der Waals surface area contributed by atoms with Gasteiger partial charge in [0.05, 0.1) is 5.75 Å². The fourth-order valence-electron chi connectivity index (χ4n) is 2.62. The van der Waals surface area contributed by atoms with Gasteiger partial charge < -0.3 is 0 Å². The van der Waals surface area contributed by atoms with Gasteiger partial charge in [0.1, 0.15) is 0 Å². The molecule has 0 saturated carbocycles. The van der Waals surface area contributed by atoms with E-state index in [1.165, 1.54) is 11.1 Å². The maximum atomic E-state index is 10.7. The van der Waals surface area contributed by atoms with Crippen molar-refractivity contribution in [3.63, 3.8) is 0 Å². The molecule has 0 heterocycles. The second kappa shape index (κ2) is 8.41. The standard InChI is InChI=1S/C18H27NO3S/c1-5-10-17(19-13-8-9-14-23(20,21)22)18(3,4)16-12-7-6-11-15(16)2/h5-7,10-12H,8-9,13-14H2,1-4H3,(H,20,21,22)/b10-5+,19-17?. The molecule has 0 aliphatic heterocycles. The van der Waals surface area contributed by atoms with Gasteiger partial charge >= 0.3 is 0 Å². The first-order valence-electron chi connectivity index (χ1n) is 7.87. The van der Waals surface area contributed by atoms with Gasteiger partial charge in [0, 0.05) is 17.7 Å². The lowest BCUT2D eigenvalue weighted by Gasteiger charge is -2.28. The quantitative estimate of drug-likeness (QED) is 0.443. The van der Waals surface area contributed by atoms with E-state index in [0.717, 1.165) is 5.71 Å². The van der Waals surface area contributed by atoms with Crippen molar-refractivity contribution in [2.24, 2.45) is 4.99 Å². The summed E-state index contributed by atoms with van der Waals surface area (Å²) in [6.07, 6.45) is 5.02. The number of benzene rings is 1. The smallest absolute Gasteiger partial charge is 0.264 e. The Morgan fingerprint density at radius 2 is 1.91 bits per heavy atom. The lowest BCUT2D eigenvalue weighted by Crippen LogP contribution is -2.29. The topological polar surface area (TPSA) is 66.7 Å². The summed E-state index contributed by atoms with van der Waals surface area (Å²) < 4.78 is 30.2. The summed E-state index contributed by atoms with van der Waals surface area (Å²) in [5, 5.41) is 0. The van der Waals surface area contributed by atoms with Crippen molar-refractivity contribution >= 4 is 15.8 Å². The van der Waals surface area contributed by atoms with E-state index in [9.17, 15) is 8.42 Å². The summed E-state index contributed by atoms with van der Waals surface area (Å²) in [5.74, 6) is -0.206. The molecule has 0 atom stereocenters. The third kappa shape index (κ3) is 6.28. The minimum absolute atomic E-state index is 0.206. The Bertz CT molecular complexity index is 673. The first-order chi connectivity index (χ1) is 10.7. The third-order valence-electron chi connectivity index (χ3n) is 3.88. The van der Waals surface area contributed by atoms with Crippen LogP contribution in [0.15, 0.2) is 41.4 Å². The molecule has 1 N–H and O–H groups in total. The molecule has 0 aliphatic carbocycles. The Morgan fingerprint density at radius 1 is 1.26 bits per heavy atom. The van der Waals surface area contributed by atoms with Crippen molar-refractivity contribution in [2.75, 3.05) is 12.3 Å². The van der Waals surface area contributed by atoms with E-state index in [2.05, 4.69) is 37.9 Å². The average Bonchev–Trinajstić information content (AvgIpc) is 2.44. The molecule has 0 unspecified atom stereocenters. The van der Waals surface area contributed by atoms with E-state index in [1.54, 1.807) is 0 Å². The van der Waals surface area contributed by atoms with Crippen LogP contribution in [0.3, 0.4) is 0 Å². The van der Waals surface area contributed by atoms with Gasteiger partial charge in [-0.1, -0.05) is 44.2 Å². The lowest BCUT2D eigenvalue weighted by atomic mass is 9.77. The lowest BCUT2D eigenvalue weighted by molar-refractivity contribution is 0.480. The van der Waals surface area contributed by atoms with Gasteiger partial charge in [0.15, 0.2) is 0 Å². The van der Waals surface area contributed by atoms with Crippen LogP contribution < -0.4 is 0 Å². The predicted octanol–water partition coefficient (Wildman–Crippen LogP) is 3.96. The SMILES string of the molecule is C/C=C/C(=NCCCCS(=O)(=O)O)C(C)(C)c1ccccc1C. The zero-order valence-electron chi connectivity index (χ0n) is 14.4. The Morgan fingerprint density at radius 3 is 2.48 bits per heavy atom. The van der Waals surface area contributed by atoms with Gasteiger partial charge in [-0.05, 0) is 43.9 Å². The number of unbranched alkanes of at least 4 members (excludes halogenated alkanes) is 1. The number of aryl methyl sites for hydroxylation is 1. The first kappa shape index (κ1) is 19.6. The number of allylic oxidation sites excluding steroid dienone is 2. The number of hydrogen-bond donors (Lipinski definition) is 1. The van der Waals surface area contributed by atoms with Crippen molar-refractivity contribution in [3.05, 3.63) is 47.5 Å². The molecule has 1 rings (SSSR count).